The van der Waals surface area contributed by atoms with E-state index < -0.39 is 5.91 Å². The molecule has 2 aliphatic rings. The standard InChI is InChI=1S/C13H12N4O2S2/c1-3-20-13-16-21-12-15-11(18)9(10(14)17(12)13)6-8-5-4-7(2)19-8/h4-6,14H,3H2,1-2H3/b9-6-,14-10?. The quantitative estimate of drug-likeness (QED) is 0.669. The van der Waals surface area contributed by atoms with E-state index >= 15 is 0 Å². The number of rotatable bonds is 2. The minimum absolute atomic E-state index is 0.0868. The third-order valence-corrected chi connectivity index (χ3v) is 4.45. The van der Waals surface area contributed by atoms with Crippen LogP contribution in [0.25, 0.3) is 6.08 Å². The molecule has 3 rings (SSSR count). The molecule has 0 saturated heterocycles. The molecule has 0 aromatic carbocycles. The molecule has 0 unspecified atom stereocenters. The second-order valence-electron chi connectivity index (χ2n) is 4.29. The summed E-state index contributed by atoms with van der Waals surface area (Å²) in [6, 6.07) is 3.57. The fourth-order valence-electron chi connectivity index (χ4n) is 1.90. The third-order valence-electron chi connectivity index (χ3n) is 2.82. The number of hydrogen-bond donors (Lipinski definition) is 1. The Labute approximate surface area is 130 Å². The van der Waals surface area contributed by atoms with Crippen LogP contribution in [0.5, 0.6) is 0 Å². The summed E-state index contributed by atoms with van der Waals surface area (Å²) in [6.45, 7) is 3.83. The topological polar surface area (TPSA) is 82.0 Å². The van der Waals surface area contributed by atoms with Gasteiger partial charge in [-0.2, -0.15) is 9.39 Å². The Morgan fingerprint density at radius 1 is 1.52 bits per heavy atom. The van der Waals surface area contributed by atoms with Gasteiger partial charge in [0.25, 0.3) is 5.91 Å². The molecule has 0 bridgehead atoms. The lowest BCUT2D eigenvalue weighted by molar-refractivity contribution is -0.114. The molecule has 3 heterocycles. The monoisotopic (exact) mass is 320 g/mol. The molecule has 1 N–H and O–H groups in total. The van der Waals surface area contributed by atoms with Crippen LogP contribution in [0.4, 0.5) is 0 Å². The Morgan fingerprint density at radius 3 is 3.00 bits per heavy atom. The van der Waals surface area contributed by atoms with Gasteiger partial charge < -0.3 is 4.42 Å². The number of amidine groups is 3. The summed E-state index contributed by atoms with van der Waals surface area (Å²) >= 11 is 2.64. The van der Waals surface area contributed by atoms with Crippen LogP contribution in [-0.2, 0) is 4.79 Å². The molecule has 2 aliphatic heterocycles. The van der Waals surface area contributed by atoms with Crippen molar-refractivity contribution < 1.29 is 9.21 Å². The summed E-state index contributed by atoms with van der Waals surface area (Å²) in [4.78, 5) is 17.7. The number of aryl methyl sites for hydroxylation is 1. The summed E-state index contributed by atoms with van der Waals surface area (Å²) in [5, 5.41) is 9.40. The molecule has 8 heteroatoms. The largest absolute Gasteiger partial charge is 0.462 e. The first-order valence-electron chi connectivity index (χ1n) is 6.28. The Balaban J connectivity index is 1.97. The van der Waals surface area contributed by atoms with E-state index in [0.29, 0.717) is 16.1 Å². The molecule has 108 valence electrons. The molecular formula is C13H12N4O2S2. The van der Waals surface area contributed by atoms with Crippen LogP contribution in [0.2, 0.25) is 0 Å². The van der Waals surface area contributed by atoms with Crippen LogP contribution < -0.4 is 0 Å². The number of nitrogens with one attached hydrogen (secondary N) is 1. The summed E-state index contributed by atoms with van der Waals surface area (Å²) in [5.74, 6) is 1.77. The van der Waals surface area contributed by atoms with Crippen molar-refractivity contribution in [1.29, 1.82) is 5.41 Å². The number of aliphatic imine (C=N–C) groups is 1. The zero-order valence-electron chi connectivity index (χ0n) is 11.4. The van der Waals surface area contributed by atoms with Crippen molar-refractivity contribution in [2.75, 3.05) is 5.75 Å². The maximum Gasteiger partial charge on any atom is 0.283 e. The van der Waals surface area contributed by atoms with E-state index in [1.807, 2.05) is 19.9 Å². The van der Waals surface area contributed by atoms with E-state index in [4.69, 9.17) is 9.83 Å². The SMILES string of the molecule is CCSC1=NSC2=NC(=O)/C(=C\c3ccc(C)o3)C(=N)N12. The lowest BCUT2D eigenvalue weighted by Crippen LogP contribution is -2.41. The molecular weight excluding hydrogens is 308 g/mol. The maximum absolute atomic E-state index is 12.1. The van der Waals surface area contributed by atoms with Crippen LogP contribution in [0.15, 0.2) is 31.5 Å². The van der Waals surface area contributed by atoms with Gasteiger partial charge in [-0.3, -0.25) is 10.2 Å². The van der Waals surface area contributed by atoms with Gasteiger partial charge >= 0.3 is 0 Å². The molecule has 0 spiro atoms. The van der Waals surface area contributed by atoms with Crippen molar-refractivity contribution in [1.82, 2.24) is 4.90 Å². The number of hydrogen-bond acceptors (Lipinski definition) is 6. The van der Waals surface area contributed by atoms with Crippen molar-refractivity contribution in [2.24, 2.45) is 9.39 Å². The zero-order valence-corrected chi connectivity index (χ0v) is 13.0. The number of amides is 1. The number of furan rings is 1. The summed E-state index contributed by atoms with van der Waals surface area (Å²) < 4.78 is 9.68. The molecule has 1 aromatic rings. The second kappa shape index (κ2) is 5.53. The normalized spacial score (nSPS) is 19.9. The number of carbonyl (C=O) groups is 1. The van der Waals surface area contributed by atoms with Crippen LogP contribution in [0.1, 0.15) is 18.4 Å². The molecule has 0 saturated carbocycles. The van der Waals surface area contributed by atoms with Crippen molar-refractivity contribution >= 4 is 51.9 Å². The lowest BCUT2D eigenvalue weighted by atomic mass is 10.1. The van der Waals surface area contributed by atoms with Gasteiger partial charge in [-0.15, -0.1) is 0 Å². The zero-order chi connectivity index (χ0) is 15.0. The van der Waals surface area contributed by atoms with Gasteiger partial charge in [-0.25, -0.2) is 4.90 Å². The first-order valence-corrected chi connectivity index (χ1v) is 8.04. The Kier molecular flexibility index (Phi) is 3.73. The molecule has 1 amide bonds. The minimum Gasteiger partial charge on any atom is -0.462 e. The van der Waals surface area contributed by atoms with Gasteiger partial charge in [-0.1, -0.05) is 18.7 Å². The Bertz CT molecular complexity index is 718. The smallest absolute Gasteiger partial charge is 0.283 e. The molecule has 0 radical (unpaired) electrons. The van der Waals surface area contributed by atoms with Crippen LogP contribution in [-0.4, -0.2) is 32.7 Å². The highest BCUT2D eigenvalue weighted by Crippen LogP contribution is 2.31. The van der Waals surface area contributed by atoms with E-state index in [1.165, 1.54) is 11.8 Å². The lowest BCUT2D eigenvalue weighted by Gasteiger charge is -2.23. The van der Waals surface area contributed by atoms with E-state index in [0.717, 1.165) is 23.5 Å². The van der Waals surface area contributed by atoms with Crippen LogP contribution in [0, 0.1) is 12.3 Å². The maximum atomic E-state index is 12.1. The van der Waals surface area contributed by atoms with Crippen molar-refractivity contribution in [3.63, 3.8) is 0 Å². The number of nitrogens with zero attached hydrogens (tertiary/aromatic N) is 3. The van der Waals surface area contributed by atoms with Crippen molar-refractivity contribution in [2.45, 2.75) is 13.8 Å². The highest BCUT2D eigenvalue weighted by molar-refractivity contribution is 8.19. The van der Waals surface area contributed by atoms with Gasteiger partial charge in [0.15, 0.2) is 5.17 Å². The number of thioether (sulfide) groups is 1. The highest BCUT2D eigenvalue weighted by atomic mass is 32.2. The van der Waals surface area contributed by atoms with E-state index in [9.17, 15) is 4.79 Å². The Hall–Kier alpha value is -1.80. The van der Waals surface area contributed by atoms with E-state index in [1.54, 1.807) is 17.0 Å². The summed E-state index contributed by atoms with van der Waals surface area (Å²) in [7, 11) is 0. The first kappa shape index (κ1) is 14.2. The number of fused-ring (bicyclic) bond motifs is 1. The number of carbonyl (C=O) groups excluding carboxylic acids is 1. The molecule has 1 aromatic heterocycles. The van der Waals surface area contributed by atoms with Gasteiger partial charge in [0.2, 0.25) is 5.17 Å². The van der Waals surface area contributed by atoms with Gasteiger partial charge in [0.1, 0.15) is 17.4 Å². The Morgan fingerprint density at radius 2 is 2.33 bits per heavy atom. The van der Waals surface area contributed by atoms with Gasteiger partial charge in [0, 0.05) is 0 Å². The fourth-order valence-corrected chi connectivity index (χ4v) is 3.47. The average Bonchev–Trinajstić information content (AvgIpc) is 3.02. The summed E-state index contributed by atoms with van der Waals surface area (Å²) in [6.07, 6.45) is 1.55. The van der Waals surface area contributed by atoms with Crippen LogP contribution >= 0.6 is 23.7 Å². The molecule has 6 nitrogen and oxygen atoms in total. The minimum atomic E-state index is -0.439. The molecule has 0 aliphatic carbocycles. The summed E-state index contributed by atoms with van der Waals surface area (Å²) in [5.41, 5.74) is 0.208. The van der Waals surface area contributed by atoms with Gasteiger partial charge in [0.05, 0.1) is 17.5 Å². The predicted octanol–water partition coefficient (Wildman–Crippen LogP) is 2.92. The second-order valence-corrected chi connectivity index (χ2v) is 6.25. The van der Waals surface area contributed by atoms with E-state index in [-0.39, 0.29) is 11.4 Å². The van der Waals surface area contributed by atoms with Crippen molar-refractivity contribution in [3.8, 4) is 0 Å². The highest BCUT2D eigenvalue weighted by Gasteiger charge is 2.37. The van der Waals surface area contributed by atoms with Crippen LogP contribution in [0.3, 0.4) is 0 Å². The molecule has 0 fully saturated rings. The first-order chi connectivity index (χ1) is 10.1. The van der Waals surface area contributed by atoms with E-state index in [2.05, 4.69) is 9.39 Å². The predicted molar refractivity (Wildman–Crippen MR) is 86.6 cm³/mol. The van der Waals surface area contributed by atoms with Crippen molar-refractivity contribution in [3.05, 3.63) is 29.2 Å². The molecule has 0 atom stereocenters. The molecule has 21 heavy (non-hydrogen) atoms. The average molecular weight is 320 g/mol. The van der Waals surface area contributed by atoms with Gasteiger partial charge in [-0.05, 0) is 30.9 Å². The fraction of sp³-hybridized carbons (Fsp3) is 0.231. The third kappa shape index (κ3) is 2.56.